The maximum Gasteiger partial charge on any atom is 0.163 e. The minimum atomic E-state index is -0.643. The molecule has 0 saturated carbocycles. The Morgan fingerprint density at radius 1 is 1.62 bits per heavy atom. The van der Waals surface area contributed by atoms with Crippen molar-refractivity contribution in [3.05, 3.63) is 18.5 Å². The van der Waals surface area contributed by atoms with E-state index in [0.29, 0.717) is 11.4 Å². The highest BCUT2D eigenvalue weighted by Gasteiger charge is 2.16. The summed E-state index contributed by atoms with van der Waals surface area (Å²) in [4.78, 5) is 3.84. The summed E-state index contributed by atoms with van der Waals surface area (Å²) in [6, 6.07) is 1.69. The first-order valence-corrected chi connectivity index (χ1v) is 3.91. The first-order chi connectivity index (χ1) is 6.05. The van der Waals surface area contributed by atoms with Crippen LogP contribution in [0.3, 0.4) is 0 Å². The summed E-state index contributed by atoms with van der Waals surface area (Å²) in [5.41, 5.74) is 5.47. The third-order valence-corrected chi connectivity index (χ3v) is 1.52. The molecular weight excluding hydrogens is 164 g/mol. The summed E-state index contributed by atoms with van der Waals surface area (Å²) in [6.45, 7) is 3.60. The molecule has 0 fully saturated rings. The molecule has 13 heavy (non-hydrogen) atoms. The van der Waals surface area contributed by atoms with Crippen molar-refractivity contribution in [3.63, 3.8) is 0 Å². The van der Waals surface area contributed by atoms with Crippen LogP contribution < -0.4 is 10.5 Å². The lowest BCUT2D eigenvalue weighted by Crippen LogP contribution is -2.25. The molecule has 0 amide bonds. The van der Waals surface area contributed by atoms with Crippen LogP contribution in [0.1, 0.15) is 13.8 Å². The van der Waals surface area contributed by atoms with Crippen LogP contribution in [0.15, 0.2) is 18.5 Å². The van der Waals surface area contributed by atoms with Crippen LogP contribution >= 0.6 is 0 Å². The van der Waals surface area contributed by atoms with Crippen molar-refractivity contribution in [1.29, 1.82) is 0 Å². The summed E-state index contributed by atoms with van der Waals surface area (Å²) in [5.74, 6) is 3.09. The van der Waals surface area contributed by atoms with Crippen molar-refractivity contribution in [2.45, 2.75) is 19.4 Å². The Balaban J connectivity index is 2.88. The third-order valence-electron chi connectivity index (χ3n) is 1.52. The van der Waals surface area contributed by atoms with Crippen molar-refractivity contribution < 1.29 is 4.74 Å². The van der Waals surface area contributed by atoms with Crippen LogP contribution in [0.4, 0.5) is 5.69 Å². The van der Waals surface area contributed by atoms with Gasteiger partial charge in [-0.3, -0.25) is 4.98 Å². The van der Waals surface area contributed by atoms with E-state index in [9.17, 15) is 0 Å². The molecule has 0 aliphatic rings. The van der Waals surface area contributed by atoms with Gasteiger partial charge in [-0.25, -0.2) is 0 Å². The maximum absolute atomic E-state index is 5.63. The number of nitrogen functional groups attached to an aromatic ring is 1. The Kier molecular flexibility index (Phi) is 2.43. The van der Waals surface area contributed by atoms with Crippen LogP contribution in [0.5, 0.6) is 5.75 Å². The van der Waals surface area contributed by atoms with Crippen molar-refractivity contribution >= 4 is 5.69 Å². The molecule has 1 aromatic rings. The standard InChI is InChI=1S/C10H12N2O/c1-4-10(2,3)13-9-5-6-12-7-8(9)11/h1,5-7H,11H2,2-3H3. The number of aromatic nitrogens is 1. The molecule has 3 nitrogen and oxygen atoms in total. The van der Waals surface area contributed by atoms with Crippen molar-refractivity contribution in [2.24, 2.45) is 0 Å². The zero-order valence-corrected chi connectivity index (χ0v) is 7.74. The molecule has 1 aromatic heterocycles. The Morgan fingerprint density at radius 2 is 2.31 bits per heavy atom. The molecule has 0 aliphatic heterocycles. The van der Waals surface area contributed by atoms with Crippen molar-refractivity contribution in [3.8, 4) is 18.1 Å². The van der Waals surface area contributed by atoms with E-state index in [1.807, 2.05) is 0 Å². The fourth-order valence-corrected chi connectivity index (χ4v) is 0.791. The smallest absolute Gasteiger partial charge is 0.163 e. The molecular formula is C10H12N2O. The summed E-state index contributed by atoms with van der Waals surface area (Å²) < 4.78 is 5.48. The Bertz CT molecular complexity index is 339. The first-order valence-electron chi connectivity index (χ1n) is 3.91. The van der Waals surface area contributed by atoms with Gasteiger partial charge >= 0.3 is 0 Å². The topological polar surface area (TPSA) is 48.1 Å². The molecule has 1 rings (SSSR count). The highest BCUT2D eigenvalue weighted by molar-refractivity contribution is 5.50. The normalized spacial score (nSPS) is 10.5. The van der Waals surface area contributed by atoms with Gasteiger partial charge in [0.25, 0.3) is 0 Å². The lowest BCUT2D eigenvalue weighted by Gasteiger charge is -2.20. The van der Waals surface area contributed by atoms with E-state index in [0.717, 1.165) is 0 Å². The Labute approximate surface area is 77.9 Å². The second-order valence-electron chi connectivity index (χ2n) is 3.17. The molecule has 0 saturated heterocycles. The molecule has 0 radical (unpaired) electrons. The van der Waals surface area contributed by atoms with E-state index < -0.39 is 5.60 Å². The highest BCUT2D eigenvalue weighted by Crippen LogP contribution is 2.23. The van der Waals surface area contributed by atoms with E-state index in [1.165, 1.54) is 6.20 Å². The van der Waals surface area contributed by atoms with Gasteiger partial charge in [-0.1, -0.05) is 5.92 Å². The van der Waals surface area contributed by atoms with Crippen LogP contribution in [0.2, 0.25) is 0 Å². The van der Waals surface area contributed by atoms with Crippen LogP contribution in [-0.4, -0.2) is 10.6 Å². The zero-order chi connectivity index (χ0) is 9.90. The second-order valence-corrected chi connectivity index (χ2v) is 3.17. The van der Waals surface area contributed by atoms with Gasteiger partial charge in [0.05, 0.1) is 11.9 Å². The quantitative estimate of drug-likeness (QED) is 0.694. The van der Waals surface area contributed by atoms with Gasteiger partial charge in [0, 0.05) is 12.3 Å². The van der Waals surface area contributed by atoms with Crippen molar-refractivity contribution in [1.82, 2.24) is 4.98 Å². The maximum atomic E-state index is 5.63. The van der Waals surface area contributed by atoms with Gasteiger partial charge in [-0.2, -0.15) is 0 Å². The van der Waals surface area contributed by atoms with E-state index >= 15 is 0 Å². The van der Waals surface area contributed by atoms with Gasteiger partial charge in [0.15, 0.2) is 5.60 Å². The number of pyridine rings is 1. The molecule has 3 heteroatoms. The first kappa shape index (κ1) is 9.40. The SMILES string of the molecule is C#CC(C)(C)Oc1ccncc1N. The van der Waals surface area contributed by atoms with E-state index in [4.69, 9.17) is 16.9 Å². The number of hydrogen-bond donors (Lipinski definition) is 1. The number of anilines is 1. The molecule has 0 bridgehead atoms. The predicted octanol–water partition coefficient (Wildman–Crippen LogP) is 1.45. The average molecular weight is 176 g/mol. The molecule has 0 spiro atoms. The lowest BCUT2D eigenvalue weighted by atomic mass is 10.1. The van der Waals surface area contributed by atoms with Crippen LogP contribution in [0.25, 0.3) is 0 Å². The summed E-state index contributed by atoms with van der Waals surface area (Å²) in [6.07, 6.45) is 8.41. The molecule has 0 aliphatic carbocycles. The van der Waals surface area contributed by atoms with Crippen molar-refractivity contribution in [2.75, 3.05) is 5.73 Å². The summed E-state index contributed by atoms with van der Waals surface area (Å²) in [5, 5.41) is 0. The predicted molar refractivity (Wildman–Crippen MR) is 52.2 cm³/mol. The second kappa shape index (κ2) is 3.36. The third kappa shape index (κ3) is 2.38. The minimum Gasteiger partial charge on any atom is -0.473 e. The molecule has 1 heterocycles. The number of nitrogens with zero attached hydrogens (tertiary/aromatic N) is 1. The Hall–Kier alpha value is -1.69. The monoisotopic (exact) mass is 176 g/mol. The van der Waals surface area contributed by atoms with E-state index in [1.54, 1.807) is 26.1 Å². The van der Waals surface area contributed by atoms with E-state index in [-0.39, 0.29) is 0 Å². The number of terminal acetylenes is 1. The fraction of sp³-hybridized carbons (Fsp3) is 0.300. The van der Waals surface area contributed by atoms with Crippen LogP contribution in [0, 0.1) is 12.3 Å². The summed E-state index contributed by atoms with van der Waals surface area (Å²) >= 11 is 0. The highest BCUT2D eigenvalue weighted by atomic mass is 16.5. The molecule has 68 valence electrons. The van der Waals surface area contributed by atoms with Gasteiger partial charge in [0.1, 0.15) is 5.75 Å². The summed E-state index contributed by atoms with van der Waals surface area (Å²) in [7, 11) is 0. The van der Waals surface area contributed by atoms with Gasteiger partial charge in [0.2, 0.25) is 0 Å². The molecule has 0 aromatic carbocycles. The molecule has 0 unspecified atom stereocenters. The van der Waals surface area contributed by atoms with Crippen LogP contribution in [-0.2, 0) is 0 Å². The van der Waals surface area contributed by atoms with E-state index in [2.05, 4.69) is 10.9 Å². The number of ether oxygens (including phenoxy) is 1. The zero-order valence-electron chi connectivity index (χ0n) is 7.74. The number of hydrogen-bond acceptors (Lipinski definition) is 3. The van der Waals surface area contributed by atoms with Gasteiger partial charge in [-0.05, 0) is 13.8 Å². The lowest BCUT2D eigenvalue weighted by molar-refractivity contribution is 0.173. The molecule has 2 N–H and O–H groups in total. The average Bonchev–Trinajstić information content (AvgIpc) is 2.09. The largest absolute Gasteiger partial charge is 0.473 e. The molecule has 0 atom stereocenters. The number of rotatable bonds is 2. The van der Waals surface area contributed by atoms with Gasteiger partial charge < -0.3 is 10.5 Å². The Morgan fingerprint density at radius 3 is 2.85 bits per heavy atom. The number of nitrogens with two attached hydrogens (primary N) is 1. The van der Waals surface area contributed by atoms with Gasteiger partial charge in [-0.15, -0.1) is 6.42 Å². The fourth-order valence-electron chi connectivity index (χ4n) is 0.791. The minimum absolute atomic E-state index is 0.492.